The zero-order valence-electron chi connectivity index (χ0n) is 17.5. The summed E-state index contributed by atoms with van der Waals surface area (Å²) in [6.45, 7) is 3.85. The largest absolute Gasteiger partial charge is 0.322 e. The maximum absolute atomic E-state index is 12.8. The van der Waals surface area contributed by atoms with Crippen LogP contribution < -0.4 is 10.6 Å². The number of carbonyl (C=O) groups is 2. The summed E-state index contributed by atoms with van der Waals surface area (Å²) in [4.78, 5) is 25.5. The van der Waals surface area contributed by atoms with Gasteiger partial charge in [-0.2, -0.15) is 0 Å². The predicted molar refractivity (Wildman–Crippen MR) is 128 cm³/mol. The van der Waals surface area contributed by atoms with Crippen LogP contribution in [0.15, 0.2) is 59.5 Å². The monoisotopic (exact) mass is 490 g/mol. The van der Waals surface area contributed by atoms with Crippen molar-refractivity contribution in [1.29, 1.82) is 0 Å². The van der Waals surface area contributed by atoms with Crippen LogP contribution in [-0.2, 0) is 9.84 Å². The number of amides is 2. The summed E-state index contributed by atoms with van der Waals surface area (Å²) in [5, 5.41) is 5.70. The Hall–Kier alpha value is -2.87. The topological polar surface area (TPSA) is 92.3 Å². The van der Waals surface area contributed by atoms with Gasteiger partial charge in [0.1, 0.15) is 0 Å². The van der Waals surface area contributed by atoms with Crippen LogP contribution in [0.4, 0.5) is 11.4 Å². The molecule has 3 aromatic rings. The lowest BCUT2D eigenvalue weighted by Gasteiger charge is -2.13. The Labute approximate surface area is 196 Å². The maximum Gasteiger partial charge on any atom is 0.257 e. The molecule has 2 amide bonds. The van der Waals surface area contributed by atoms with E-state index in [0.717, 1.165) is 17.4 Å². The maximum atomic E-state index is 12.8. The van der Waals surface area contributed by atoms with Crippen molar-refractivity contribution in [2.75, 3.05) is 16.9 Å². The Kier molecular flexibility index (Phi) is 6.93. The molecule has 0 atom stereocenters. The number of nitrogens with one attached hydrogen (secondary N) is 2. The zero-order valence-corrected chi connectivity index (χ0v) is 19.8. The minimum Gasteiger partial charge on any atom is -0.322 e. The van der Waals surface area contributed by atoms with Crippen LogP contribution in [-0.4, -0.2) is 26.5 Å². The van der Waals surface area contributed by atoms with E-state index in [4.69, 9.17) is 23.2 Å². The molecule has 0 aliphatic carbocycles. The number of aryl methyl sites for hydroxylation is 1. The van der Waals surface area contributed by atoms with Crippen LogP contribution in [0.1, 0.15) is 31.8 Å². The Morgan fingerprint density at radius 2 is 1.50 bits per heavy atom. The molecule has 6 nitrogen and oxygen atoms in total. The quantitative estimate of drug-likeness (QED) is 0.492. The highest BCUT2D eigenvalue weighted by Crippen LogP contribution is 2.26. The molecule has 3 rings (SSSR count). The summed E-state index contributed by atoms with van der Waals surface area (Å²) in [5.74, 6) is -0.978. The number of hydrogen-bond donors (Lipinski definition) is 2. The van der Waals surface area contributed by atoms with Crippen LogP contribution in [0.3, 0.4) is 0 Å². The minimum absolute atomic E-state index is 0.00715. The van der Waals surface area contributed by atoms with Crippen LogP contribution in [0.25, 0.3) is 0 Å². The molecule has 0 saturated heterocycles. The molecule has 166 valence electrons. The highest BCUT2D eigenvalue weighted by molar-refractivity contribution is 7.90. The number of hydrogen-bond acceptors (Lipinski definition) is 4. The third-order valence-electron chi connectivity index (χ3n) is 4.94. The highest BCUT2D eigenvalue weighted by Gasteiger charge is 2.17. The first kappa shape index (κ1) is 23.8. The van der Waals surface area contributed by atoms with E-state index >= 15 is 0 Å². The molecular formula is C23H20Cl2N2O4S. The van der Waals surface area contributed by atoms with E-state index in [1.165, 1.54) is 30.3 Å². The molecule has 0 heterocycles. The third kappa shape index (κ3) is 5.30. The minimum atomic E-state index is -3.45. The molecule has 9 heteroatoms. The molecule has 0 bridgehead atoms. The fourth-order valence-corrected chi connectivity index (χ4v) is 4.14. The average molecular weight is 491 g/mol. The summed E-state index contributed by atoms with van der Waals surface area (Å²) in [6.07, 6.45) is 1.05. The number of sulfone groups is 1. The second kappa shape index (κ2) is 9.32. The number of halogens is 2. The van der Waals surface area contributed by atoms with Gasteiger partial charge in [0, 0.05) is 17.6 Å². The summed E-state index contributed by atoms with van der Waals surface area (Å²) in [5.41, 5.74) is 3.24. The molecule has 0 unspecified atom stereocenters. The Morgan fingerprint density at radius 1 is 0.812 bits per heavy atom. The first-order chi connectivity index (χ1) is 15.0. The summed E-state index contributed by atoms with van der Waals surface area (Å²) >= 11 is 12.3. The van der Waals surface area contributed by atoms with Crippen molar-refractivity contribution in [3.8, 4) is 0 Å². The van der Waals surface area contributed by atoms with Crippen LogP contribution in [0, 0.1) is 13.8 Å². The first-order valence-electron chi connectivity index (χ1n) is 9.45. The Bertz CT molecular complexity index is 1340. The Balaban J connectivity index is 1.83. The van der Waals surface area contributed by atoms with Crippen molar-refractivity contribution in [3.63, 3.8) is 0 Å². The molecule has 0 radical (unpaired) electrons. The third-order valence-corrected chi connectivity index (χ3v) is 6.69. The van der Waals surface area contributed by atoms with Gasteiger partial charge >= 0.3 is 0 Å². The van der Waals surface area contributed by atoms with Crippen molar-refractivity contribution in [2.45, 2.75) is 18.7 Å². The van der Waals surface area contributed by atoms with Crippen LogP contribution in [0.5, 0.6) is 0 Å². The zero-order chi connectivity index (χ0) is 23.6. The molecule has 2 N–H and O–H groups in total. The number of rotatable bonds is 5. The second-order valence-electron chi connectivity index (χ2n) is 7.26. The van der Waals surface area contributed by atoms with E-state index < -0.39 is 21.7 Å². The number of benzene rings is 3. The second-order valence-corrected chi connectivity index (χ2v) is 10.1. The first-order valence-corrected chi connectivity index (χ1v) is 12.1. The van der Waals surface area contributed by atoms with Crippen LogP contribution in [0.2, 0.25) is 10.0 Å². The molecule has 32 heavy (non-hydrogen) atoms. The van der Waals surface area contributed by atoms with E-state index in [1.807, 2.05) is 26.0 Å². The molecule has 0 aromatic heterocycles. The summed E-state index contributed by atoms with van der Waals surface area (Å²) in [7, 11) is -3.45. The summed E-state index contributed by atoms with van der Waals surface area (Å²) < 4.78 is 23.3. The van der Waals surface area contributed by atoms with Gasteiger partial charge in [0.05, 0.1) is 26.1 Å². The van der Waals surface area contributed by atoms with E-state index in [1.54, 1.807) is 12.1 Å². The van der Waals surface area contributed by atoms with Crippen molar-refractivity contribution >= 4 is 56.2 Å². The van der Waals surface area contributed by atoms with E-state index in [-0.39, 0.29) is 26.1 Å². The lowest BCUT2D eigenvalue weighted by molar-refractivity contribution is 0.101. The molecular weight excluding hydrogens is 471 g/mol. The molecule has 0 aliphatic rings. The van der Waals surface area contributed by atoms with Gasteiger partial charge in [0.25, 0.3) is 11.8 Å². The molecule has 0 aliphatic heterocycles. The molecule has 0 spiro atoms. The van der Waals surface area contributed by atoms with Gasteiger partial charge < -0.3 is 10.6 Å². The molecule has 0 saturated carbocycles. The van der Waals surface area contributed by atoms with Crippen molar-refractivity contribution < 1.29 is 18.0 Å². The lowest BCUT2D eigenvalue weighted by atomic mass is 10.1. The lowest BCUT2D eigenvalue weighted by Crippen LogP contribution is -2.16. The van der Waals surface area contributed by atoms with Crippen molar-refractivity contribution in [1.82, 2.24) is 0 Å². The average Bonchev–Trinajstić information content (AvgIpc) is 2.72. The summed E-state index contributed by atoms with van der Waals surface area (Å²) in [6, 6.07) is 13.9. The van der Waals surface area contributed by atoms with Gasteiger partial charge in [-0.15, -0.1) is 0 Å². The van der Waals surface area contributed by atoms with Crippen molar-refractivity contribution in [2.24, 2.45) is 0 Å². The normalized spacial score (nSPS) is 11.2. The fourth-order valence-electron chi connectivity index (χ4n) is 2.96. The standard InChI is InChI=1S/C23H20Cl2N2O4S/c1-13-5-4-6-21(14(13)2)27-23(29)18-11-15(7-10-19(18)24)26-22(28)17-9-8-16(12-20(17)25)32(3,30)31/h4-12H,1-3H3,(H,26,28)(H,27,29). The highest BCUT2D eigenvalue weighted by atomic mass is 35.5. The van der Waals surface area contributed by atoms with Crippen LogP contribution >= 0.6 is 23.2 Å². The van der Waals surface area contributed by atoms with Gasteiger partial charge in [0.15, 0.2) is 9.84 Å². The van der Waals surface area contributed by atoms with E-state index in [9.17, 15) is 18.0 Å². The fraction of sp³-hybridized carbons (Fsp3) is 0.130. The SMILES string of the molecule is Cc1cccc(NC(=O)c2cc(NC(=O)c3ccc(S(C)(=O)=O)cc3Cl)ccc2Cl)c1C. The van der Waals surface area contributed by atoms with E-state index in [2.05, 4.69) is 10.6 Å². The molecule has 0 fully saturated rings. The van der Waals surface area contributed by atoms with Gasteiger partial charge in [0.2, 0.25) is 0 Å². The van der Waals surface area contributed by atoms with Gasteiger partial charge in [-0.05, 0) is 67.4 Å². The smallest absolute Gasteiger partial charge is 0.257 e. The van der Waals surface area contributed by atoms with Gasteiger partial charge in [-0.3, -0.25) is 9.59 Å². The number of carbonyl (C=O) groups excluding carboxylic acids is 2. The number of anilines is 2. The predicted octanol–water partition coefficient (Wildman–Crippen LogP) is 5.52. The van der Waals surface area contributed by atoms with Gasteiger partial charge in [-0.25, -0.2) is 8.42 Å². The molecule has 3 aromatic carbocycles. The Morgan fingerprint density at radius 3 is 2.16 bits per heavy atom. The van der Waals surface area contributed by atoms with Crippen molar-refractivity contribution in [3.05, 3.63) is 86.9 Å². The van der Waals surface area contributed by atoms with Gasteiger partial charge in [-0.1, -0.05) is 35.3 Å². The van der Waals surface area contributed by atoms with E-state index in [0.29, 0.717) is 11.4 Å².